The fraction of sp³-hybridized carbons (Fsp3) is 0.421. The van der Waals surface area contributed by atoms with Crippen molar-refractivity contribution >= 4 is 0 Å². The highest BCUT2D eigenvalue weighted by atomic mass is 14.9. The molecular formula is C19H26N2. The number of nitrogens with zero attached hydrogens (tertiary/aromatic N) is 1. The van der Waals surface area contributed by atoms with Gasteiger partial charge >= 0.3 is 0 Å². The molecule has 0 saturated carbocycles. The lowest BCUT2D eigenvalue weighted by Crippen LogP contribution is -2.25. The van der Waals surface area contributed by atoms with E-state index in [1.54, 1.807) is 0 Å². The maximum absolute atomic E-state index is 4.62. The van der Waals surface area contributed by atoms with Gasteiger partial charge in [0.05, 0.1) is 0 Å². The molecule has 0 amide bonds. The molecule has 2 heteroatoms. The Balaban J connectivity index is 2.25. The highest BCUT2D eigenvalue weighted by molar-refractivity contribution is 5.29. The van der Waals surface area contributed by atoms with Crippen molar-refractivity contribution in [1.82, 2.24) is 10.3 Å². The summed E-state index contributed by atoms with van der Waals surface area (Å²) in [4.78, 5) is 4.62. The summed E-state index contributed by atoms with van der Waals surface area (Å²) in [6.07, 6.45) is 2.15. The van der Waals surface area contributed by atoms with Crippen molar-refractivity contribution in [2.45, 2.75) is 46.6 Å². The number of pyridine rings is 1. The minimum atomic E-state index is 0.333. The summed E-state index contributed by atoms with van der Waals surface area (Å²) in [6.45, 7) is 9.54. The van der Waals surface area contributed by atoms with Crippen LogP contribution in [0.25, 0.3) is 0 Å². The Hall–Kier alpha value is -1.67. The Labute approximate surface area is 128 Å². The molecule has 0 aliphatic heterocycles. The Kier molecular flexibility index (Phi) is 5.51. The molecule has 1 unspecified atom stereocenters. The van der Waals surface area contributed by atoms with E-state index in [4.69, 9.17) is 0 Å². The van der Waals surface area contributed by atoms with Gasteiger partial charge in [-0.05, 0) is 57.4 Å². The van der Waals surface area contributed by atoms with Gasteiger partial charge < -0.3 is 5.32 Å². The fourth-order valence-electron chi connectivity index (χ4n) is 2.75. The number of rotatable bonds is 6. The van der Waals surface area contributed by atoms with Crippen LogP contribution in [0.1, 0.15) is 47.5 Å². The van der Waals surface area contributed by atoms with Crippen LogP contribution in [0, 0.1) is 20.8 Å². The van der Waals surface area contributed by atoms with Crippen LogP contribution in [0.3, 0.4) is 0 Å². The third kappa shape index (κ3) is 4.40. The van der Waals surface area contributed by atoms with Crippen LogP contribution >= 0.6 is 0 Å². The maximum atomic E-state index is 4.62. The molecule has 0 radical (unpaired) electrons. The van der Waals surface area contributed by atoms with Crippen LogP contribution in [0.5, 0.6) is 0 Å². The molecule has 2 nitrogen and oxygen atoms in total. The zero-order valence-corrected chi connectivity index (χ0v) is 13.6. The first-order valence-corrected chi connectivity index (χ1v) is 7.83. The summed E-state index contributed by atoms with van der Waals surface area (Å²) in [7, 11) is 0. The monoisotopic (exact) mass is 282 g/mol. The molecule has 1 aromatic carbocycles. The van der Waals surface area contributed by atoms with Crippen molar-refractivity contribution in [3.05, 3.63) is 64.5 Å². The highest BCUT2D eigenvalue weighted by Crippen LogP contribution is 2.22. The second kappa shape index (κ2) is 7.37. The first-order valence-electron chi connectivity index (χ1n) is 7.83. The minimum absolute atomic E-state index is 0.333. The molecule has 112 valence electrons. The number of nitrogens with one attached hydrogen (secondary N) is 1. The van der Waals surface area contributed by atoms with Gasteiger partial charge in [-0.25, -0.2) is 0 Å². The zero-order chi connectivity index (χ0) is 15.2. The van der Waals surface area contributed by atoms with E-state index in [2.05, 4.69) is 67.5 Å². The van der Waals surface area contributed by atoms with E-state index in [1.165, 1.54) is 16.7 Å². The predicted octanol–water partition coefficient (Wildman–Crippen LogP) is 4.29. The Morgan fingerprint density at radius 3 is 2.57 bits per heavy atom. The van der Waals surface area contributed by atoms with Crippen molar-refractivity contribution in [3.63, 3.8) is 0 Å². The quantitative estimate of drug-likeness (QED) is 0.855. The Morgan fingerprint density at radius 1 is 1.10 bits per heavy atom. The predicted molar refractivity (Wildman–Crippen MR) is 89.6 cm³/mol. The lowest BCUT2D eigenvalue weighted by atomic mass is 9.96. The smallest absolute Gasteiger partial charge is 0.0423 e. The van der Waals surface area contributed by atoms with Crippen LogP contribution in [-0.2, 0) is 6.42 Å². The van der Waals surface area contributed by atoms with Gasteiger partial charge in [0.25, 0.3) is 0 Å². The highest BCUT2D eigenvalue weighted by Gasteiger charge is 2.14. The summed E-state index contributed by atoms with van der Waals surface area (Å²) in [5, 5.41) is 3.67. The minimum Gasteiger partial charge on any atom is -0.310 e. The summed E-state index contributed by atoms with van der Waals surface area (Å²) in [5.41, 5.74) is 6.23. The standard InChI is InChI=1S/C19H26N2/c1-5-11-20-19(13-17-8-6-7-14(2)12-17)18-10-9-15(3)21-16(18)4/h6-10,12,19-20H,5,11,13H2,1-4H3. The molecule has 1 N–H and O–H groups in total. The van der Waals surface area contributed by atoms with Gasteiger partial charge in [0, 0.05) is 17.4 Å². The van der Waals surface area contributed by atoms with E-state index in [9.17, 15) is 0 Å². The Bertz CT molecular complexity index is 590. The van der Waals surface area contributed by atoms with Crippen molar-refractivity contribution in [2.24, 2.45) is 0 Å². The first-order chi connectivity index (χ1) is 10.1. The molecule has 0 fully saturated rings. The first kappa shape index (κ1) is 15.7. The van der Waals surface area contributed by atoms with E-state index in [0.717, 1.165) is 30.8 Å². The molecule has 1 atom stereocenters. The van der Waals surface area contributed by atoms with Crippen molar-refractivity contribution in [3.8, 4) is 0 Å². The van der Waals surface area contributed by atoms with Gasteiger partial charge in [-0.2, -0.15) is 0 Å². The summed E-state index contributed by atoms with van der Waals surface area (Å²) in [6, 6.07) is 13.4. The fourth-order valence-corrected chi connectivity index (χ4v) is 2.75. The van der Waals surface area contributed by atoms with Gasteiger partial charge in [-0.3, -0.25) is 4.98 Å². The van der Waals surface area contributed by atoms with Gasteiger partial charge in [0.15, 0.2) is 0 Å². The molecule has 2 rings (SSSR count). The van der Waals surface area contributed by atoms with Crippen molar-refractivity contribution in [2.75, 3.05) is 6.54 Å². The van der Waals surface area contributed by atoms with Gasteiger partial charge in [0.2, 0.25) is 0 Å². The van der Waals surface area contributed by atoms with Gasteiger partial charge in [-0.15, -0.1) is 0 Å². The van der Waals surface area contributed by atoms with Gasteiger partial charge in [-0.1, -0.05) is 42.8 Å². The van der Waals surface area contributed by atoms with Crippen molar-refractivity contribution in [1.29, 1.82) is 0 Å². The molecule has 0 bridgehead atoms. The SMILES string of the molecule is CCCNC(Cc1cccc(C)c1)c1ccc(C)nc1C. The number of benzene rings is 1. The average Bonchev–Trinajstić information content (AvgIpc) is 2.44. The summed E-state index contributed by atoms with van der Waals surface area (Å²) < 4.78 is 0. The topological polar surface area (TPSA) is 24.9 Å². The normalized spacial score (nSPS) is 12.4. The second-order valence-electron chi connectivity index (χ2n) is 5.83. The van der Waals surface area contributed by atoms with E-state index in [-0.39, 0.29) is 0 Å². The van der Waals surface area contributed by atoms with Gasteiger partial charge in [0.1, 0.15) is 0 Å². The van der Waals surface area contributed by atoms with Crippen LogP contribution in [0.15, 0.2) is 36.4 Å². The number of hydrogen-bond acceptors (Lipinski definition) is 2. The molecule has 0 saturated heterocycles. The molecule has 1 heterocycles. The van der Waals surface area contributed by atoms with E-state index in [0.29, 0.717) is 6.04 Å². The van der Waals surface area contributed by atoms with Crippen molar-refractivity contribution < 1.29 is 0 Å². The lowest BCUT2D eigenvalue weighted by molar-refractivity contribution is 0.525. The summed E-state index contributed by atoms with van der Waals surface area (Å²) in [5.74, 6) is 0. The van der Waals surface area contributed by atoms with E-state index < -0.39 is 0 Å². The number of hydrogen-bond donors (Lipinski definition) is 1. The second-order valence-corrected chi connectivity index (χ2v) is 5.83. The number of aromatic nitrogens is 1. The van der Waals surface area contributed by atoms with E-state index in [1.807, 2.05) is 6.92 Å². The summed E-state index contributed by atoms with van der Waals surface area (Å²) >= 11 is 0. The largest absolute Gasteiger partial charge is 0.310 e. The number of aryl methyl sites for hydroxylation is 3. The van der Waals surface area contributed by atoms with Crippen LogP contribution in [0.4, 0.5) is 0 Å². The molecule has 0 aliphatic rings. The molecule has 0 spiro atoms. The zero-order valence-electron chi connectivity index (χ0n) is 13.6. The molecular weight excluding hydrogens is 256 g/mol. The molecule has 0 aliphatic carbocycles. The molecule has 1 aromatic heterocycles. The van der Waals surface area contributed by atoms with E-state index >= 15 is 0 Å². The third-order valence-corrected chi connectivity index (χ3v) is 3.80. The third-order valence-electron chi connectivity index (χ3n) is 3.80. The Morgan fingerprint density at radius 2 is 1.90 bits per heavy atom. The lowest BCUT2D eigenvalue weighted by Gasteiger charge is -2.21. The average molecular weight is 282 g/mol. The molecule has 21 heavy (non-hydrogen) atoms. The molecule has 2 aromatic rings. The van der Waals surface area contributed by atoms with Crippen LogP contribution in [-0.4, -0.2) is 11.5 Å². The van der Waals surface area contributed by atoms with Crippen LogP contribution in [0.2, 0.25) is 0 Å². The maximum Gasteiger partial charge on any atom is 0.0423 e. The van der Waals surface area contributed by atoms with Crippen LogP contribution < -0.4 is 5.32 Å².